The normalized spacial score (nSPS) is 9.00. The van der Waals surface area contributed by atoms with E-state index in [2.05, 4.69) is 15.6 Å². The number of nitrogens with one attached hydrogen (secondary N) is 2. The largest absolute Gasteiger partial charge is 0.335 e. The Bertz CT molecular complexity index is 433. The summed E-state index contributed by atoms with van der Waals surface area (Å²) >= 11 is 0. The average Bonchev–Trinajstić information content (AvgIpc) is 2.29. The maximum Gasteiger partial charge on any atom is 0.314 e. The zero-order valence-corrected chi connectivity index (χ0v) is 8.65. The van der Waals surface area contributed by atoms with Gasteiger partial charge in [-0.25, -0.2) is 4.98 Å². The molecule has 2 N–H and O–H groups in total. The zero-order valence-electron chi connectivity index (χ0n) is 8.65. The first-order chi connectivity index (χ1) is 7.63. The average molecular weight is 218 g/mol. The fraction of sp³-hybridized carbons (Fsp3) is 0.200. The molecule has 1 aromatic rings. The molecule has 6 heteroatoms. The number of hydrogen-bond acceptors (Lipinski definition) is 4. The maximum absolute atomic E-state index is 11.2. The van der Waals surface area contributed by atoms with Crippen LogP contribution in [0.1, 0.15) is 5.56 Å². The van der Waals surface area contributed by atoms with Gasteiger partial charge >= 0.3 is 11.8 Å². The lowest BCUT2D eigenvalue weighted by Crippen LogP contribution is -2.35. The van der Waals surface area contributed by atoms with Crippen LogP contribution in [0.3, 0.4) is 0 Å². The molecule has 0 aromatic carbocycles. The van der Waals surface area contributed by atoms with Crippen LogP contribution in [-0.4, -0.2) is 23.3 Å². The molecule has 0 saturated carbocycles. The highest BCUT2D eigenvalue weighted by atomic mass is 16.2. The Labute approximate surface area is 92.3 Å². The van der Waals surface area contributed by atoms with Gasteiger partial charge in [0, 0.05) is 6.20 Å². The number of anilines is 1. The van der Waals surface area contributed by atoms with Crippen LogP contribution in [0.15, 0.2) is 18.3 Å². The topological polar surface area (TPSA) is 94.9 Å². The maximum atomic E-state index is 11.2. The van der Waals surface area contributed by atoms with Gasteiger partial charge in [0.15, 0.2) is 0 Å². The van der Waals surface area contributed by atoms with E-state index in [1.165, 1.54) is 0 Å². The second-order valence-electron chi connectivity index (χ2n) is 3.02. The number of hydrogen-bond donors (Lipinski definition) is 2. The second-order valence-corrected chi connectivity index (χ2v) is 3.02. The molecule has 0 spiro atoms. The predicted octanol–water partition coefficient (Wildman–Crippen LogP) is -0.0317. The van der Waals surface area contributed by atoms with Crippen LogP contribution >= 0.6 is 0 Å². The van der Waals surface area contributed by atoms with Crippen LogP contribution in [0.5, 0.6) is 0 Å². The molecule has 16 heavy (non-hydrogen) atoms. The lowest BCUT2D eigenvalue weighted by atomic mass is 10.3. The van der Waals surface area contributed by atoms with E-state index in [0.717, 1.165) is 5.56 Å². The highest BCUT2D eigenvalue weighted by Crippen LogP contribution is 2.03. The summed E-state index contributed by atoms with van der Waals surface area (Å²) < 4.78 is 0. The van der Waals surface area contributed by atoms with Crippen molar-refractivity contribution in [2.24, 2.45) is 0 Å². The molecular formula is C10H10N4O2. The van der Waals surface area contributed by atoms with Crippen LogP contribution in [0.2, 0.25) is 0 Å². The molecule has 0 radical (unpaired) electrons. The van der Waals surface area contributed by atoms with Gasteiger partial charge in [-0.2, -0.15) is 5.26 Å². The molecule has 0 atom stereocenters. The number of carbonyl (C=O) groups is 2. The predicted molar refractivity (Wildman–Crippen MR) is 56.2 cm³/mol. The second kappa shape index (κ2) is 5.46. The molecule has 0 unspecified atom stereocenters. The smallest absolute Gasteiger partial charge is 0.314 e. The van der Waals surface area contributed by atoms with Gasteiger partial charge in [0.25, 0.3) is 0 Å². The van der Waals surface area contributed by atoms with Crippen LogP contribution < -0.4 is 10.6 Å². The summed E-state index contributed by atoms with van der Waals surface area (Å²) in [5.74, 6) is -1.40. The van der Waals surface area contributed by atoms with Gasteiger partial charge in [0.05, 0.1) is 6.07 Å². The quantitative estimate of drug-likeness (QED) is 0.538. The molecule has 6 nitrogen and oxygen atoms in total. The van der Waals surface area contributed by atoms with Crippen molar-refractivity contribution in [2.45, 2.75) is 6.92 Å². The molecule has 0 bridgehead atoms. The monoisotopic (exact) mass is 218 g/mol. The first kappa shape index (κ1) is 11.7. The third-order valence-electron chi connectivity index (χ3n) is 1.69. The minimum absolute atomic E-state index is 0.201. The Morgan fingerprint density at radius 2 is 2.19 bits per heavy atom. The van der Waals surface area contributed by atoms with Gasteiger partial charge < -0.3 is 10.6 Å². The molecule has 0 fully saturated rings. The van der Waals surface area contributed by atoms with Gasteiger partial charge in [-0.05, 0) is 18.6 Å². The minimum atomic E-state index is -0.857. The summed E-state index contributed by atoms with van der Waals surface area (Å²) in [6.07, 6.45) is 1.57. The van der Waals surface area contributed by atoms with Gasteiger partial charge in [-0.1, -0.05) is 6.07 Å². The van der Waals surface area contributed by atoms with E-state index in [1.807, 2.05) is 6.92 Å². The molecule has 0 aliphatic carbocycles. The SMILES string of the molecule is Cc1ccc(NC(=O)C(=O)NCC#N)nc1. The summed E-state index contributed by atoms with van der Waals surface area (Å²) in [5, 5.41) is 12.6. The Kier molecular flexibility index (Phi) is 3.98. The van der Waals surface area contributed by atoms with E-state index in [4.69, 9.17) is 5.26 Å². The number of aromatic nitrogens is 1. The summed E-state index contributed by atoms with van der Waals surface area (Å²) in [7, 11) is 0. The lowest BCUT2D eigenvalue weighted by molar-refractivity contribution is -0.136. The Hall–Kier alpha value is -2.42. The third kappa shape index (κ3) is 3.38. The van der Waals surface area contributed by atoms with Crippen LogP contribution in [-0.2, 0) is 9.59 Å². The van der Waals surface area contributed by atoms with Crippen molar-refractivity contribution in [3.05, 3.63) is 23.9 Å². The standard InChI is InChI=1S/C10H10N4O2/c1-7-2-3-8(13-6-7)14-10(16)9(15)12-5-4-11/h2-3,6H,5H2,1H3,(H,12,15)(H,13,14,16). The Morgan fingerprint density at radius 1 is 1.44 bits per heavy atom. The van der Waals surface area contributed by atoms with Gasteiger partial charge in [-0.3, -0.25) is 9.59 Å². The molecule has 1 aromatic heterocycles. The van der Waals surface area contributed by atoms with Crippen molar-refractivity contribution in [3.63, 3.8) is 0 Å². The fourth-order valence-corrected chi connectivity index (χ4v) is 0.915. The Morgan fingerprint density at radius 3 is 2.75 bits per heavy atom. The van der Waals surface area contributed by atoms with Gasteiger partial charge in [0.1, 0.15) is 12.4 Å². The molecule has 0 aliphatic rings. The van der Waals surface area contributed by atoms with Crippen molar-refractivity contribution in [1.82, 2.24) is 10.3 Å². The van der Waals surface area contributed by atoms with E-state index in [-0.39, 0.29) is 6.54 Å². The first-order valence-corrected chi connectivity index (χ1v) is 4.52. The number of rotatable bonds is 2. The van der Waals surface area contributed by atoms with E-state index >= 15 is 0 Å². The van der Waals surface area contributed by atoms with Crippen molar-refractivity contribution < 1.29 is 9.59 Å². The third-order valence-corrected chi connectivity index (χ3v) is 1.69. The van der Waals surface area contributed by atoms with Crippen molar-refractivity contribution in [1.29, 1.82) is 5.26 Å². The molecule has 1 rings (SSSR count). The molecule has 2 amide bonds. The van der Waals surface area contributed by atoms with E-state index < -0.39 is 11.8 Å². The van der Waals surface area contributed by atoms with Crippen LogP contribution in [0.25, 0.3) is 0 Å². The van der Waals surface area contributed by atoms with E-state index in [0.29, 0.717) is 5.82 Å². The molecule has 1 heterocycles. The Balaban J connectivity index is 2.55. The first-order valence-electron chi connectivity index (χ1n) is 4.52. The summed E-state index contributed by atoms with van der Waals surface area (Å²) in [4.78, 5) is 26.2. The number of pyridine rings is 1. The van der Waals surface area contributed by atoms with E-state index in [1.54, 1.807) is 24.4 Å². The number of nitriles is 1. The van der Waals surface area contributed by atoms with E-state index in [9.17, 15) is 9.59 Å². The van der Waals surface area contributed by atoms with Gasteiger partial charge in [0.2, 0.25) is 0 Å². The van der Waals surface area contributed by atoms with Crippen molar-refractivity contribution >= 4 is 17.6 Å². The number of amides is 2. The summed E-state index contributed by atoms with van der Waals surface area (Å²) in [5.41, 5.74) is 0.951. The minimum Gasteiger partial charge on any atom is -0.335 e. The van der Waals surface area contributed by atoms with Gasteiger partial charge in [-0.15, -0.1) is 0 Å². The summed E-state index contributed by atoms with van der Waals surface area (Å²) in [6, 6.07) is 5.05. The highest BCUT2D eigenvalue weighted by molar-refractivity contribution is 6.39. The number of carbonyl (C=O) groups excluding carboxylic acids is 2. The molecule has 0 aliphatic heterocycles. The van der Waals surface area contributed by atoms with Crippen LogP contribution in [0, 0.1) is 18.3 Å². The van der Waals surface area contributed by atoms with Crippen molar-refractivity contribution in [3.8, 4) is 6.07 Å². The number of nitrogens with zero attached hydrogens (tertiary/aromatic N) is 2. The molecular weight excluding hydrogens is 208 g/mol. The zero-order chi connectivity index (χ0) is 12.0. The number of aryl methyl sites for hydroxylation is 1. The fourth-order valence-electron chi connectivity index (χ4n) is 0.915. The lowest BCUT2D eigenvalue weighted by Gasteiger charge is -2.03. The molecule has 0 saturated heterocycles. The van der Waals surface area contributed by atoms with Crippen molar-refractivity contribution in [2.75, 3.05) is 11.9 Å². The molecule has 82 valence electrons. The highest BCUT2D eigenvalue weighted by Gasteiger charge is 2.12. The summed E-state index contributed by atoms with van der Waals surface area (Å²) in [6.45, 7) is 1.66. The van der Waals surface area contributed by atoms with Crippen LogP contribution in [0.4, 0.5) is 5.82 Å².